The number of rotatable bonds is 6. The number of aryl methyl sites for hydroxylation is 1. The molecular weight excluding hydrogens is 236 g/mol. The first-order chi connectivity index (χ1) is 8.08. The lowest BCUT2D eigenvalue weighted by Crippen LogP contribution is -2.25. The second-order valence-electron chi connectivity index (χ2n) is 4.09. The van der Waals surface area contributed by atoms with E-state index in [0.717, 1.165) is 11.1 Å². The van der Waals surface area contributed by atoms with Crippen LogP contribution >= 0.6 is 11.6 Å². The van der Waals surface area contributed by atoms with Crippen LogP contribution in [0.5, 0.6) is 0 Å². The van der Waals surface area contributed by atoms with Gasteiger partial charge in [0, 0.05) is 18.1 Å². The summed E-state index contributed by atoms with van der Waals surface area (Å²) in [5, 5.41) is 0.657. The van der Waals surface area contributed by atoms with Crippen LogP contribution < -0.4 is 0 Å². The number of carbonyl (C=O) groups excluding carboxylic acids is 1. The van der Waals surface area contributed by atoms with E-state index in [9.17, 15) is 4.79 Å². The second kappa shape index (κ2) is 6.77. The summed E-state index contributed by atoms with van der Waals surface area (Å²) >= 11 is 6.11. The highest BCUT2D eigenvalue weighted by atomic mass is 35.5. The van der Waals surface area contributed by atoms with E-state index in [0.29, 0.717) is 24.5 Å². The van der Waals surface area contributed by atoms with Crippen LogP contribution in [0.1, 0.15) is 31.4 Å². The zero-order chi connectivity index (χ0) is 12.8. The largest absolute Gasteiger partial charge is 0.371 e. The van der Waals surface area contributed by atoms with Crippen molar-refractivity contribution in [1.82, 2.24) is 0 Å². The minimum atomic E-state index is -0.308. The second-order valence-corrected chi connectivity index (χ2v) is 4.50. The lowest BCUT2D eigenvalue weighted by molar-refractivity contribution is -0.129. The van der Waals surface area contributed by atoms with E-state index in [2.05, 4.69) is 0 Å². The minimum absolute atomic E-state index is 0.0973. The molecule has 1 atom stereocenters. The monoisotopic (exact) mass is 254 g/mol. The van der Waals surface area contributed by atoms with Gasteiger partial charge in [-0.3, -0.25) is 4.79 Å². The Bertz CT molecular complexity index is 388. The highest BCUT2D eigenvalue weighted by Crippen LogP contribution is 2.19. The van der Waals surface area contributed by atoms with Gasteiger partial charge in [-0.25, -0.2) is 0 Å². The molecule has 1 aromatic rings. The van der Waals surface area contributed by atoms with Crippen molar-refractivity contribution in [2.45, 2.75) is 39.7 Å². The van der Waals surface area contributed by atoms with Gasteiger partial charge in [-0.1, -0.05) is 30.7 Å². The summed E-state index contributed by atoms with van der Waals surface area (Å²) in [5.74, 6) is 0.0973. The lowest BCUT2D eigenvalue weighted by Gasteiger charge is -2.14. The highest BCUT2D eigenvalue weighted by Gasteiger charge is 2.17. The lowest BCUT2D eigenvalue weighted by atomic mass is 10.0. The number of hydrogen-bond donors (Lipinski definition) is 0. The third kappa shape index (κ3) is 4.14. The van der Waals surface area contributed by atoms with Crippen LogP contribution in [0.3, 0.4) is 0 Å². The Morgan fingerprint density at radius 2 is 2.12 bits per heavy atom. The molecule has 0 spiro atoms. The van der Waals surface area contributed by atoms with Gasteiger partial charge in [-0.2, -0.15) is 0 Å². The molecule has 0 radical (unpaired) electrons. The molecule has 17 heavy (non-hydrogen) atoms. The summed E-state index contributed by atoms with van der Waals surface area (Å²) in [7, 11) is 0. The first-order valence-electron chi connectivity index (χ1n) is 5.97. The van der Waals surface area contributed by atoms with Crippen LogP contribution in [-0.2, 0) is 16.0 Å². The van der Waals surface area contributed by atoms with Crippen LogP contribution in [0.4, 0.5) is 0 Å². The van der Waals surface area contributed by atoms with Crippen molar-refractivity contribution in [3.8, 4) is 0 Å². The smallest absolute Gasteiger partial charge is 0.165 e. The average Bonchev–Trinajstić information content (AvgIpc) is 2.29. The van der Waals surface area contributed by atoms with Gasteiger partial charge < -0.3 is 4.74 Å². The number of ketones is 1. The van der Waals surface area contributed by atoms with Gasteiger partial charge in [0.25, 0.3) is 0 Å². The van der Waals surface area contributed by atoms with Gasteiger partial charge in [0.15, 0.2) is 5.78 Å². The molecule has 1 rings (SSSR count). The Morgan fingerprint density at radius 3 is 2.65 bits per heavy atom. The van der Waals surface area contributed by atoms with Crippen LogP contribution in [0, 0.1) is 6.92 Å². The molecule has 0 heterocycles. The fourth-order valence-corrected chi connectivity index (χ4v) is 2.04. The van der Waals surface area contributed by atoms with Crippen molar-refractivity contribution < 1.29 is 9.53 Å². The molecule has 0 aliphatic carbocycles. The fraction of sp³-hybridized carbons (Fsp3) is 0.500. The number of carbonyl (C=O) groups is 1. The molecule has 94 valence electrons. The normalized spacial score (nSPS) is 12.5. The molecule has 0 saturated heterocycles. The van der Waals surface area contributed by atoms with Crippen molar-refractivity contribution in [1.29, 1.82) is 0 Å². The maximum absolute atomic E-state index is 12.0. The van der Waals surface area contributed by atoms with E-state index in [1.54, 1.807) is 0 Å². The predicted octanol–water partition coefficient (Wildman–Crippen LogP) is 3.58. The van der Waals surface area contributed by atoms with Crippen molar-refractivity contribution in [3.63, 3.8) is 0 Å². The number of ether oxygens (including phenoxy) is 1. The zero-order valence-electron chi connectivity index (χ0n) is 10.6. The van der Waals surface area contributed by atoms with Gasteiger partial charge in [0.2, 0.25) is 0 Å². The number of Topliss-reactive ketones (excluding diaryl/α,β-unsaturated/α-hetero) is 1. The van der Waals surface area contributed by atoms with Crippen molar-refractivity contribution in [2.75, 3.05) is 6.61 Å². The molecule has 2 nitrogen and oxygen atoms in total. The molecule has 1 unspecified atom stereocenters. The molecule has 0 aliphatic heterocycles. The molecule has 1 aromatic carbocycles. The summed E-state index contributed by atoms with van der Waals surface area (Å²) in [6, 6.07) is 5.76. The molecule has 0 fully saturated rings. The predicted molar refractivity (Wildman–Crippen MR) is 70.6 cm³/mol. The molecule has 0 aliphatic rings. The summed E-state index contributed by atoms with van der Waals surface area (Å²) in [6.07, 6.45) is 0.741. The van der Waals surface area contributed by atoms with Crippen molar-refractivity contribution in [3.05, 3.63) is 34.3 Å². The molecule has 0 N–H and O–H groups in total. The first kappa shape index (κ1) is 14.2. The topological polar surface area (TPSA) is 26.3 Å². The van der Waals surface area contributed by atoms with E-state index in [1.165, 1.54) is 0 Å². The van der Waals surface area contributed by atoms with E-state index in [-0.39, 0.29) is 11.9 Å². The van der Waals surface area contributed by atoms with Crippen molar-refractivity contribution >= 4 is 17.4 Å². The van der Waals surface area contributed by atoms with Crippen molar-refractivity contribution in [2.24, 2.45) is 0 Å². The van der Waals surface area contributed by atoms with Gasteiger partial charge in [-0.15, -0.1) is 0 Å². The van der Waals surface area contributed by atoms with Gasteiger partial charge >= 0.3 is 0 Å². The molecule has 0 amide bonds. The fourth-order valence-electron chi connectivity index (χ4n) is 1.74. The molecular formula is C14H19ClO2. The van der Waals surface area contributed by atoms with E-state index in [4.69, 9.17) is 16.3 Å². The van der Waals surface area contributed by atoms with Gasteiger partial charge in [-0.05, 0) is 37.5 Å². The highest BCUT2D eigenvalue weighted by molar-refractivity contribution is 6.31. The Hall–Kier alpha value is -0.860. The summed E-state index contributed by atoms with van der Waals surface area (Å²) in [4.78, 5) is 12.0. The standard InChI is InChI=1S/C14H19ClO2/c1-4-14(17-5-2)13(16)9-11-7-6-10(3)8-12(11)15/h6-8,14H,4-5,9H2,1-3H3. The van der Waals surface area contributed by atoms with E-state index in [1.807, 2.05) is 39.0 Å². The maximum atomic E-state index is 12.0. The Morgan fingerprint density at radius 1 is 1.41 bits per heavy atom. The van der Waals surface area contributed by atoms with Crippen LogP contribution in [0.2, 0.25) is 5.02 Å². The number of hydrogen-bond acceptors (Lipinski definition) is 2. The Balaban J connectivity index is 2.73. The third-order valence-corrected chi connectivity index (χ3v) is 3.02. The molecule has 0 bridgehead atoms. The number of halogens is 1. The minimum Gasteiger partial charge on any atom is -0.371 e. The van der Waals surface area contributed by atoms with Crippen LogP contribution in [0.15, 0.2) is 18.2 Å². The molecule has 0 aromatic heterocycles. The summed E-state index contributed by atoms with van der Waals surface area (Å²) in [5.41, 5.74) is 1.98. The first-order valence-corrected chi connectivity index (χ1v) is 6.35. The quantitative estimate of drug-likeness (QED) is 0.776. The van der Waals surface area contributed by atoms with E-state index >= 15 is 0 Å². The SMILES string of the molecule is CCOC(CC)C(=O)Cc1ccc(C)cc1Cl. The number of benzene rings is 1. The summed E-state index contributed by atoms with van der Waals surface area (Å²) in [6.45, 7) is 6.39. The zero-order valence-corrected chi connectivity index (χ0v) is 11.4. The average molecular weight is 255 g/mol. The third-order valence-electron chi connectivity index (χ3n) is 2.67. The van der Waals surface area contributed by atoms with Crippen LogP contribution in [-0.4, -0.2) is 18.5 Å². The van der Waals surface area contributed by atoms with Gasteiger partial charge in [0.1, 0.15) is 6.10 Å². The van der Waals surface area contributed by atoms with E-state index < -0.39 is 0 Å². The molecule has 3 heteroatoms. The molecule has 0 saturated carbocycles. The maximum Gasteiger partial charge on any atom is 0.165 e. The summed E-state index contributed by atoms with van der Waals surface area (Å²) < 4.78 is 5.40. The van der Waals surface area contributed by atoms with Gasteiger partial charge in [0.05, 0.1) is 0 Å². The Labute approximate surface area is 108 Å². The van der Waals surface area contributed by atoms with Crippen LogP contribution in [0.25, 0.3) is 0 Å². The Kier molecular flexibility index (Phi) is 5.66.